The summed E-state index contributed by atoms with van der Waals surface area (Å²) < 4.78 is 1.08. The van der Waals surface area contributed by atoms with E-state index in [-0.39, 0.29) is 10.7 Å². The Hall–Kier alpha value is -1.11. The van der Waals surface area contributed by atoms with Crippen LogP contribution in [0.2, 0.25) is 5.02 Å². The molecule has 0 aliphatic rings. The smallest absolute Gasteiger partial charge is 0.310 e. The lowest BCUT2D eigenvalue weighted by Crippen LogP contribution is -2.06. The van der Waals surface area contributed by atoms with Gasteiger partial charge < -0.3 is 5.32 Å². The summed E-state index contributed by atoms with van der Waals surface area (Å²) in [5, 5.41) is 14.2. The molecule has 0 saturated heterocycles. The molecular weight excluding hydrogens is 352 g/mol. The molecule has 100 valence electrons. The predicted octanol–water partition coefficient (Wildman–Crippen LogP) is 4.73. The van der Waals surface area contributed by atoms with E-state index in [1.165, 1.54) is 10.9 Å². The normalized spacial score (nSPS) is 10.4. The summed E-state index contributed by atoms with van der Waals surface area (Å²) in [5.74, 6) is 0. The molecule has 1 heterocycles. The van der Waals surface area contributed by atoms with Crippen molar-refractivity contribution in [2.24, 2.45) is 0 Å². The molecule has 0 atom stereocenters. The van der Waals surface area contributed by atoms with Gasteiger partial charge in [-0.25, -0.2) is 0 Å². The third-order valence-electron chi connectivity index (χ3n) is 2.49. The molecule has 1 aromatic carbocycles. The van der Waals surface area contributed by atoms with Crippen molar-refractivity contribution in [3.8, 4) is 0 Å². The van der Waals surface area contributed by atoms with Crippen LogP contribution in [0.4, 0.5) is 11.4 Å². The van der Waals surface area contributed by atoms with Crippen molar-refractivity contribution in [3.05, 3.63) is 54.1 Å². The lowest BCUT2D eigenvalue weighted by Gasteiger charge is -2.07. The zero-order chi connectivity index (χ0) is 13.8. The maximum Gasteiger partial charge on any atom is 0.310 e. The van der Waals surface area contributed by atoms with Gasteiger partial charge in [0.15, 0.2) is 0 Å². The van der Waals surface area contributed by atoms with E-state index in [0.717, 1.165) is 10.2 Å². The van der Waals surface area contributed by atoms with Crippen molar-refractivity contribution in [2.45, 2.75) is 6.42 Å². The van der Waals surface area contributed by atoms with Gasteiger partial charge in [-0.1, -0.05) is 17.7 Å². The molecule has 4 nitrogen and oxygen atoms in total. The lowest BCUT2D eigenvalue weighted by atomic mass is 10.2. The first-order chi connectivity index (χ1) is 9.08. The number of hydrogen-bond donors (Lipinski definition) is 1. The summed E-state index contributed by atoms with van der Waals surface area (Å²) in [6.45, 7) is 0.619. The molecule has 0 aliphatic heterocycles. The molecule has 2 rings (SSSR count). The second-order valence-corrected chi connectivity index (χ2v) is 6.73. The highest BCUT2D eigenvalue weighted by atomic mass is 79.9. The predicted molar refractivity (Wildman–Crippen MR) is 82.3 cm³/mol. The summed E-state index contributed by atoms with van der Waals surface area (Å²) in [6, 6.07) is 8.89. The number of nitrogens with one attached hydrogen (secondary N) is 1. The Morgan fingerprint density at radius 2 is 2.16 bits per heavy atom. The fraction of sp³-hybridized carbons (Fsp3) is 0.167. The van der Waals surface area contributed by atoms with Crippen LogP contribution in [-0.2, 0) is 6.42 Å². The van der Waals surface area contributed by atoms with Crippen molar-refractivity contribution < 1.29 is 4.92 Å². The van der Waals surface area contributed by atoms with Gasteiger partial charge in [-0.05, 0) is 46.6 Å². The quantitative estimate of drug-likeness (QED) is 0.619. The summed E-state index contributed by atoms with van der Waals surface area (Å²) >= 11 is 10.9. The van der Waals surface area contributed by atoms with Gasteiger partial charge in [0.1, 0.15) is 10.7 Å². The summed E-state index contributed by atoms with van der Waals surface area (Å²) in [6.07, 6.45) is 0.805. The van der Waals surface area contributed by atoms with Crippen LogP contribution < -0.4 is 5.32 Å². The van der Waals surface area contributed by atoms with Crippen LogP contribution in [0, 0.1) is 10.1 Å². The third-order valence-corrected chi connectivity index (χ3v) is 4.47. The standard InChI is InChI=1S/C12H10BrClN2O2S/c13-11-5-4-8(19-11)6-7-15-10-3-1-2-9(14)12(10)16(17)18/h1-5,15H,6-7H2. The van der Waals surface area contributed by atoms with Crippen LogP contribution in [0.5, 0.6) is 0 Å². The number of halogens is 2. The van der Waals surface area contributed by atoms with E-state index in [2.05, 4.69) is 21.2 Å². The molecule has 0 unspecified atom stereocenters. The minimum absolute atomic E-state index is 0.0727. The van der Waals surface area contributed by atoms with Crippen LogP contribution >= 0.6 is 38.9 Å². The number of thiophene rings is 1. The highest BCUT2D eigenvalue weighted by Gasteiger charge is 2.17. The van der Waals surface area contributed by atoms with Crippen LogP contribution in [0.25, 0.3) is 0 Å². The fourth-order valence-electron chi connectivity index (χ4n) is 1.65. The number of anilines is 1. The number of rotatable bonds is 5. The Labute approximate surface area is 127 Å². The fourth-order valence-corrected chi connectivity index (χ4v) is 3.38. The van der Waals surface area contributed by atoms with E-state index in [9.17, 15) is 10.1 Å². The number of nitro groups is 1. The molecule has 0 saturated carbocycles. The maximum absolute atomic E-state index is 11.0. The number of para-hydroxylation sites is 1. The van der Waals surface area contributed by atoms with Crippen molar-refractivity contribution in [2.75, 3.05) is 11.9 Å². The first-order valence-corrected chi connectivity index (χ1v) is 7.47. The van der Waals surface area contributed by atoms with E-state index in [4.69, 9.17) is 11.6 Å². The van der Waals surface area contributed by atoms with Crippen molar-refractivity contribution in [3.63, 3.8) is 0 Å². The highest BCUT2D eigenvalue weighted by Crippen LogP contribution is 2.32. The molecule has 1 aromatic heterocycles. The Morgan fingerprint density at radius 3 is 2.79 bits per heavy atom. The highest BCUT2D eigenvalue weighted by molar-refractivity contribution is 9.11. The minimum atomic E-state index is -0.466. The number of nitrogens with zero attached hydrogens (tertiary/aromatic N) is 1. The van der Waals surface area contributed by atoms with E-state index in [1.54, 1.807) is 23.5 Å². The Balaban J connectivity index is 2.03. The SMILES string of the molecule is O=[N+]([O-])c1c(Cl)cccc1NCCc1ccc(Br)s1. The number of hydrogen-bond acceptors (Lipinski definition) is 4. The summed E-state index contributed by atoms with van der Waals surface area (Å²) in [4.78, 5) is 11.7. The zero-order valence-corrected chi connectivity index (χ0v) is 12.9. The van der Waals surface area contributed by atoms with Crippen molar-refractivity contribution >= 4 is 50.2 Å². The molecule has 0 amide bonds. The molecule has 0 radical (unpaired) electrons. The molecule has 7 heteroatoms. The first kappa shape index (κ1) is 14.3. The monoisotopic (exact) mass is 360 g/mol. The second-order valence-electron chi connectivity index (χ2n) is 3.78. The van der Waals surface area contributed by atoms with Crippen molar-refractivity contribution in [1.29, 1.82) is 0 Å². The zero-order valence-electron chi connectivity index (χ0n) is 9.73. The van der Waals surface area contributed by atoms with Gasteiger partial charge in [0.25, 0.3) is 0 Å². The molecule has 2 aromatic rings. The van der Waals surface area contributed by atoms with E-state index < -0.39 is 4.92 Å². The Bertz CT molecular complexity index is 603. The average Bonchev–Trinajstić information content (AvgIpc) is 2.74. The topological polar surface area (TPSA) is 55.2 Å². The maximum atomic E-state index is 11.0. The Kier molecular flexibility index (Phi) is 4.79. The molecule has 0 aliphatic carbocycles. The molecular formula is C12H10BrClN2O2S. The second kappa shape index (κ2) is 6.36. The van der Waals surface area contributed by atoms with Crippen LogP contribution in [-0.4, -0.2) is 11.5 Å². The van der Waals surface area contributed by atoms with Gasteiger partial charge in [0.2, 0.25) is 0 Å². The lowest BCUT2D eigenvalue weighted by molar-refractivity contribution is -0.383. The molecule has 19 heavy (non-hydrogen) atoms. The van der Waals surface area contributed by atoms with E-state index >= 15 is 0 Å². The van der Waals surface area contributed by atoms with Crippen LogP contribution in [0.15, 0.2) is 34.1 Å². The van der Waals surface area contributed by atoms with Gasteiger partial charge in [-0.15, -0.1) is 11.3 Å². The summed E-state index contributed by atoms with van der Waals surface area (Å²) in [5.41, 5.74) is 0.379. The van der Waals surface area contributed by atoms with Gasteiger partial charge in [-0.2, -0.15) is 0 Å². The van der Waals surface area contributed by atoms with Gasteiger partial charge >= 0.3 is 5.69 Å². The summed E-state index contributed by atoms with van der Waals surface area (Å²) in [7, 11) is 0. The van der Waals surface area contributed by atoms with Crippen LogP contribution in [0.3, 0.4) is 0 Å². The van der Waals surface area contributed by atoms with Gasteiger partial charge in [-0.3, -0.25) is 10.1 Å². The minimum Gasteiger partial charge on any atom is -0.379 e. The first-order valence-electron chi connectivity index (χ1n) is 5.49. The number of benzene rings is 1. The number of nitro benzene ring substituents is 1. The third kappa shape index (κ3) is 3.68. The van der Waals surface area contributed by atoms with Crippen LogP contribution in [0.1, 0.15) is 4.88 Å². The van der Waals surface area contributed by atoms with Crippen molar-refractivity contribution in [1.82, 2.24) is 0 Å². The average molecular weight is 362 g/mol. The molecule has 0 bridgehead atoms. The molecule has 0 fully saturated rings. The van der Waals surface area contributed by atoms with E-state index in [1.807, 2.05) is 12.1 Å². The van der Waals surface area contributed by atoms with Gasteiger partial charge in [0, 0.05) is 11.4 Å². The Morgan fingerprint density at radius 1 is 1.37 bits per heavy atom. The van der Waals surface area contributed by atoms with E-state index in [0.29, 0.717) is 12.2 Å². The largest absolute Gasteiger partial charge is 0.379 e. The van der Waals surface area contributed by atoms with Gasteiger partial charge in [0.05, 0.1) is 8.71 Å². The molecule has 0 spiro atoms. The molecule has 1 N–H and O–H groups in total.